The molecule has 7 heteroatoms. The van der Waals surface area contributed by atoms with E-state index in [4.69, 9.17) is 0 Å². The SMILES string of the molecule is CCNC(=NCc1nc(-c2ccccc2)cs1)NCC(C)(O)c1cccs1. The number of thiazole rings is 1. The second-order valence-corrected chi connectivity index (χ2v) is 8.18. The van der Waals surface area contributed by atoms with Crippen LogP contribution in [0.1, 0.15) is 23.7 Å². The van der Waals surface area contributed by atoms with Gasteiger partial charge < -0.3 is 15.7 Å². The fourth-order valence-electron chi connectivity index (χ4n) is 2.54. The van der Waals surface area contributed by atoms with Gasteiger partial charge in [0.1, 0.15) is 10.6 Å². The first-order valence-electron chi connectivity index (χ1n) is 8.87. The maximum atomic E-state index is 10.7. The van der Waals surface area contributed by atoms with E-state index in [1.54, 1.807) is 22.7 Å². The zero-order valence-electron chi connectivity index (χ0n) is 15.5. The molecule has 27 heavy (non-hydrogen) atoms. The Balaban J connectivity index is 1.63. The lowest BCUT2D eigenvalue weighted by Crippen LogP contribution is -2.44. The van der Waals surface area contributed by atoms with Crippen LogP contribution < -0.4 is 10.6 Å². The molecule has 3 N–H and O–H groups in total. The van der Waals surface area contributed by atoms with Gasteiger partial charge in [0.2, 0.25) is 0 Å². The molecule has 142 valence electrons. The molecule has 1 unspecified atom stereocenters. The minimum Gasteiger partial charge on any atom is -0.383 e. The van der Waals surface area contributed by atoms with Crippen molar-refractivity contribution in [3.63, 3.8) is 0 Å². The molecule has 2 heterocycles. The molecule has 0 amide bonds. The number of hydrogen-bond donors (Lipinski definition) is 3. The smallest absolute Gasteiger partial charge is 0.191 e. The number of thiophene rings is 1. The van der Waals surface area contributed by atoms with Crippen molar-refractivity contribution in [2.24, 2.45) is 4.99 Å². The van der Waals surface area contributed by atoms with E-state index >= 15 is 0 Å². The Kier molecular flexibility index (Phi) is 6.60. The third kappa shape index (κ3) is 5.38. The average Bonchev–Trinajstić information content (AvgIpc) is 3.37. The van der Waals surface area contributed by atoms with Gasteiger partial charge >= 0.3 is 0 Å². The molecule has 1 atom stereocenters. The first-order chi connectivity index (χ1) is 13.1. The van der Waals surface area contributed by atoms with Crippen molar-refractivity contribution in [3.8, 4) is 11.3 Å². The highest BCUT2D eigenvalue weighted by Gasteiger charge is 2.24. The van der Waals surface area contributed by atoms with Crippen molar-refractivity contribution in [2.45, 2.75) is 26.0 Å². The number of aliphatic imine (C=N–C) groups is 1. The third-order valence-corrected chi connectivity index (χ3v) is 5.95. The summed E-state index contributed by atoms with van der Waals surface area (Å²) >= 11 is 3.15. The molecule has 0 fully saturated rings. The molecule has 0 aliphatic heterocycles. The number of nitrogens with zero attached hydrogens (tertiary/aromatic N) is 2. The minimum absolute atomic E-state index is 0.381. The zero-order valence-corrected chi connectivity index (χ0v) is 17.1. The number of aliphatic hydroxyl groups is 1. The summed E-state index contributed by atoms with van der Waals surface area (Å²) in [7, 11) is 0. The van der Waals surface area contributed by atoms with Gasteiger partial charge in [0, 0.05) is 22.4 Å². The van der Waals surface area contributed by atoms with Crippen LogP contribution in [0.4, 0.5) is 0 Å². The van der Waals surface area contributed by atoms with Gasteiger partial charge in [-0.1, -0.05) is 36.4 Å². The van der Waals surface area contributed by atoms with Crippen molar-refractivity contribution >= 4 is 28.6 Å². The molecular formula is C20H24N4OS2. The molecule has 0 aliphatic carbocycles. The third-order valence-electron chi connectivity index (χ3n) is 3.99. The van der Waals surface area contributed by atoms with Crippen LogP contribution in [-0.4, -0.2) is 29.1 Å². The van der Waals surface area contributed by atoms with E-state index in [0.717, 1.165) is 27.7 Å². The summed E-state index contributed by atoms with van der Waals surface area (Å²) in [5, 5.41) is 22.1. The number of rotatable bonds is 7. The number of guanidine groups is 1. The van der Waals surface area contributed by atoms with Crippen LogP contribution in [0.5, 0.6) is 0 Å². The Labute approximate surface area is 167 Å². The van der Waals surface area contributed by atoms with Crippen LogP contribution >= 0.6 is 22.7 Å². The molecule has 0 saturated heterocycles. The Morgan fingerprint density at radius 1 is 1.15 bits per heavy atom. The average molecular weight is 401 g/mol. The summed E-state index contributed by atoms with van der Waals surface area (Å²) in [4.78, 5) is 10.2. The summed E-state index contributed by atoms with van der Waals surface area (Å²) in [5.74, 6) is 0.672. The van der Waals surface area contributed by atoms with Crippen molar-refractivity contribution in [1.82, 2.24) is 15.6 Å². The second-order valence-electron chi connectivity index (χ2n) is 6.29. The van der Waals surface area contributed by atoms with Gasteiger partial charge in [-0.15, -0.1) is 22.7 Å². The molecule has 5 nitrogen and oxygen atoms in total. The van der Waals surface area contributed by atoms with Gasteiger partial charge in [-0.2, -0.15) is 0 Å². The van der Waals surface area contributed by atoms with Gasteiger partial charge in [-0.05, 0) is 25.3 Å². The standard InChI is InChI=1S/C20H24N4OS2/c1-3-21-19(23-14-20(2,25)17-10-7-11-26-17)22-12-18-24-16(13-27-18)15-8-5-4-6-9-15/h4-11,13,25H,3,12,14H2,1-2H3,(H2,21,22,23). The van der Waals surface area contributed by atoms with Crippen LogP contribution in [0.2, 0.25) is 0 Å². The number of nitrogens with one attached hydrogen (secondary N) is 2. The van der Waals surface area contributed by atoms with Crippen LogP contribution in [0.15, 0.2) is 58.2 Å². The second kappa shape index (κ2) is 9.12. The van der Waals surface area contributed by atoms with Crippen LogP contribution in [-0.2, 0) is 12.1 Å². The highest BCUT2D eigenvalue weighted by atomic mass is 32.1. The van der Waals surface area contributed by atoms with E-state index in [0.29, 0.717) is 19.0 Å². The zero-order chi connectivity index (χ0) is 19.1. The number of aromatic nitrogens is 1. The van der Waals surface area contributed by atoms with Crippen molar-refractivity contribution < 1.29 is 5.11 Å². The summed E-state index contributed by atoms with van der Waals surface area (Å²) in [6, 6.07) is 14.0. The Morgan fingerprint density at radius 3 is 2.67 bits per heavy atom. The maximum Gasteiger partial charge on any atom is 0.191 e. The summed E-state index contributed by atoms with van der Waals surface area (Å²) < 4.78 is 0. The lowest BCUT2D eigenvalue weighted by molar-refractivity contribution is 0.0655. The lowest BCUT2D eigenvalue weighted by atomic mass is 10.1. The van der Waals surface area contributed by atoms with Gasteiger partial charge in [0.15, 0.2) is 5.96 Å². The molecule has 0 radical (unpaired) electrons. The topological polar surface area (TPSA) is 69.5 Å². The minimum atomic E-state index is -0.938. The largest absolute Gasteiger partial charge is 0.383 e. The Morgan fingerprint density at radius 2 is 1.96 bits per heavy atom. The van der Waals surface area contributed by atoms with E-state index in [2.05, 4.69) is 38.1 Å². The van der Waals surface area contributed by atoms with E-state index < -0.39 is 5.60 Å². The van der Waals surface area contributed by atoms with Gasteiger partial charge in [0.05, 0.1) is 18.8 Å². The maximum absolute atomic E-state index is 10.7. The molecule has 0 saturated carbocycles. The van der Waals surface area contributed by atoms with Crippen LogP contribution in [0.25, 0.3) is 11.3 Å². The molecule has 2 aromatic heterocycles. The van der Waals surface area contributed by atoms with E-state index in [-0.39, 0.29) is 0 Å². The molecule has 1 aromatic carbocycles. The predicted octanol–water partition coefficient (Wildman–Crippen LogP) is 3.83. The van der Waals surface area contributed by atoms with Gasteiger partial charge in [-0.3, -0.25) is 0 Å². The Bertz CT molecular complexity index is 857. The quantitative estimate of drug-likeness (QED) is 0.416. The molecule has 0 bridgehead atoms. The monoisotopic (exact) mass is 400 g/mol. The fraction of sp³-hybridized carbons (Fsp3) is 0.300. The first kappa shape index (κ1) is 19.5. The van der Waals surface area contributed by atoms with E-state index in [1.807, 2.05) is 49.6 Å². The summed E-state index contributed by atoms with van der Waals surface area (Å²) in [5.41, 5.74) is 1.15. The number of hydrogen-bond acceptors (Lipinski definition) is 5. The van der Waals surface area contributed by atoms with Gasteiger partial charge in [0.25, 0.3) is 0 Å². The molecule has 3 aromatic rings. The van der Waals surface area contributed by atoms with Crippen molar-refractivity contribution in [1.29, 1.82) is 0 Å². The highest BCUT2D eigenvalue weighted by molar-refractivity contribution is 7.10. The first-order valence-corrected chi connectivity index (χ1v) is 10.6. The van der Waals surface area contributed by atoms with Gasteiger partial charge in [-0.25, -0.2) is 9.98 Å². The lowest BCUT2D eigenvalue weighted by Gasteiger charge is -2.23. The molecule has 3 rings (SSSR count). The molecule has 0 aliphatic rings. The summed E-state index contributed by atoms with van der Waals surface area (Å²) in [6.07, 6.45) is 0. The van der Waals surface area contributed by atoms with Crippen molar-refractivity contribution in [2.75, 3.05) is 13.1 Å². The van der Waals surface area contributed by atoms with Crippen LogP contribution in [0, 0.1) is 0 Å². The predicted molar refractivity (Wildman–Crippen MR) is 114 cm³/mol. The highest BCUT2D eigenvalue weighted by Crippen LogP contribution is 2.24. The van der Waals surface area contributed by atoms with E-state index in [9.17, 15) is 5.11 Å². The van der Waals surface area contributed by atoms with Crippen LogP contribution in [0.3, 0.4) is 0 Å². The fourth-order valence-corrected chi connectivity index (χ4v) is 4.05. The summed E-state index contributed by atoms with van der Waals surface area (Å²) in [6.45, 7) is 5.45. The normalized spacial score (nSPS) is 14.0. The number of benzene rings is 1. The molecular weight excluding hydrogens is 376 g/mol. The van der Waals surface area contributed by atoms with E-state index in [1.165, 1.54) is 0 Å². The molecule has 0 spiro atoms. The Hall–Kier alpha value is -2.22. The van der Waals surface area contributed by atoms with Crippen molar-refractivity contribution in [3.05, 3.63) is 63.1 Å².